The zero-order valence-electron chi connectivity index (χ0n) is 17.8. The average molecular weight is 468 g/mol. The van der Waals surface area contributed by atoms with Gasteiger partial charge in [-0.1, -0.05) is 26.0 Å². The van der Waals surface area contributed by atoms with E-state index in [9.17, 15) is 28.2 Å². The van der Waals surface area contributed by atoms with Gasteiger partial charge in [-0.2, -0.15) is 0 Å². The second kappa shape index (κ2) is 11.2. The molecular formula is C21H26FN3O6S. The summed E-state index contributed by atoms with van der Waals surface area (Å²) >= 11 is -2.37. The summed E-state index contributed by atoms with van der Waals surface area (Å²) in [5, 5.41) is 28.7. The van der Waals surface area contributed by atoms with Gasteiger partial charge in [-0.25, -0.2) is 22.9 Å². The van der Waals surface area contributed by atoms with Gasteiger partial charge in [0, 0.05) is 24.6 Å². The molecule has 0 bridgehead atoms. The topological polar surface area (TPSA) is 144 Å². The molecule has 0 amide bonds. The molecule has 32 heavy (non-hydrogen) atoms. The number of carbonyl (C=O) groups is 1. The highest BCUT2D eigenvalue weighted by molar-refractivity contribution is 7.80. The minimum absolute atomic E-state index is 0.0107. The Morgan fingerprint density at radius 1 is 1.22 bits per heavy atom. The van der Waals surface area contributed by atoms with Gasteiger partial charge in [0.25, 0.3) is 11.3 Å². The van der Waals surface area contributed by atoms with Crippen molar-refractivity contribution in [2.24, 2.45) is 0 Å². The van der Waals surface area contributed by atoms with Gasteiger partial charge < -0.3 is 15.3 Å². The standard InChI is InChI=1S/C21H26FN3O6S/c1-12(2)19-17(9-8-15(26)10-16(27)11-18(28)29)20(13-4-6-14(22)7-5-13)24-21(23-19)25(3)32(30)31/h4-9,12,15-16,26-27H,10-11H2,1-3H3,(H,28,29)(H,30,31)/b9-8+/t15-,16-/m1/s1. The number of halogens is 1. The predicted molar refractivity (Wildman–Crippen MR) is 119 cm³/mol. The van der Waals surface area contributed by atoms with Gasteiger partial charge in [0.2, 0.25) is 5.95 Å². The van der Waals surface area contributed by atoms with Gasteiger partial charge in [0.15, 0.2) is 0 Å². The van der Waals surface area contributed by atoms with Crippen LogP contribution < -0.4 is 4.31 Å². The maximum Gasteiger partial charge on any atom is 0.305 e. The lowest BCUT2D eigenvalue weighted by molar-refractivity contribution is -0.139. The van der Waals surface area contributed by atoms with Crippen LogP contribution in [0, 0.1) is 5.82 Å². The molecule has 0 saturated carbocycles. The first-order valence-corrected chi connectivity index (χ1v) is 10.8. The van der Waals surface area contributed by atoms with Gasteiger partial charge in [-0.05, 0) is 30.2 Å². The van der Waals surface area contributed by atoms with Crippen molar-refractivity contribution in [2.45, 2.75) is 44.8 Å². The van der Waals surface area contributed by atoms with Gasteiger partial charge in [0.1, 0.15) is 5.82 Å². The minimum Gasteiger partial charge on any atom is -0.481 e. The van der Waals surface area contributed by atoms with E-state index < -0.39 is 41.7 Å². The molecule has 3 atom stereocenters. The third-order valence-electron chi connectivity index (χ3n) is 4.55. The number of hydrogen-bond acceptors (Lipinski definition) is 6. The molecule has 1 unspecified atom stereocenters. The lowest BCUT2D eigenvalue weighted by atomic mass is 9.97. The van der Waals surface area contributed by atoms with Crippen LogP contribution in [-0.2, 0) is 16.1 Å². The molecule has 0 fully saturated rings. The monoisotopic (exact) mass is 467 g/mol. The van der Waals surface area contributed by atoms with Gasteiger partial charge >= 0.3 is 5.97 Å². The van der Waals surface area contributed by atoms with Crippen molar-refractivity contribution in [3.63, 3.8) is 0 Å². The molecule has 9 nitrogen and oxygen atoms in total. The molecule has 2 rings (SSSR count). The van der Waals surface area contributed by atoms with Crippen molar-refractivity contribution in [3.05, 3.63) is 47.4 Å². The highest BCUT2D eigenvalue weighted by atomic mass is 32.2. The van der Waals surface area contributed by atoms with Gasteiger partial charge in [-0.3, -0.25) is 9.35 Å². The first-order chi connectivity index (χ1) is 15.0. The molecule has 2 aromatic rings. The molecule has 1 aromatic heterocycles. The number of aliphatic carboxylic acids is 1. The number of benzene rings is 1. The van der Waals surface area contributed by atoms with E-state index in [2.05, 4.69) is 9.97 Å². The number of rotatable bonds is 10. The molecule has 0 spiro atoms. The molecular weight excluding hydrogens is 441 g/mol. The van der Waals surface area contributed by atoms with Crippen molar-refractivity contribution in [2.75, 3.05) is 11.4 Å². The third-order valence-corrected chi connectivity index (χ3v) is 5.18. The van der Waals surface area contributed by atoms with Crippen LogP contribution in [0.2, 0.25) is 0 Å². The molecule has 0 aliphatic heterocycles. The Balaban J connectivity index is 2.56. The Morgan fingerprint density at radius 2 is 1.84 bits per heavy atom. The number of carboxylic acid groups (broad SMARTS) is 1. The Hall–Kier alpha value is -2.73. The average Bonchev–Trinajstić information content (AvgIpc) is 2.70. The van der Waals surface area contributed by atoms with Crippen LogP contribution in [0.3, 0.4) is 0 Å². The fourth-order valence-corrected chi connectivity index (χ4v) is 3.19. The summed E-state index contributed by atoms with van der Waals surface area (Å²) in [6, 6.07) is 5.52. The van der Waals surface area contributed by atoms with E-state index in [0.29, 0.717) is 22.5 Å². The number of hydrogen-bond donors (Lipinski definition) is 4. The highest BCUT2D eigenvalue weighted by Crippen LogP contribution is 2.31. The van der Waals surface area contributed by atoms with Crippen LogP contribution in [0.4, 0.5) is 10.3 Å². The van der Waals surface area contributed by atoms with E-state index in [1.54, 1.807) is 6.08 Å². The van der Waals surface area contributed by atoms with E-state index in [0.717, 1.165) is 4.31 Å². The summed E-state index contributed by atoms with van der Waals surface area (Å²) in [5.41, 5.74) is 1.89. The fourth-order valence-electron chi connectivity index (χ4n) is 2.97. The Morgan fingerprint density at radius 3 is 2.38 bits per heavy atom. The van der Waals surface area contributed by atoms with Crippen molar-refractivity contribution < 1.29 is 33.3 Å². The summed E-state index contributed by atoms with van der Waals surface area (Å²) < 4.78 is 35.4. The van der Waals surface area contributed by atoms with Crippen LogP contribution in [0.25, 0.3) is 17.3 Å². The molecule has 1 aromatic carbocycles. The summed E-state index contributed by atoms with van der Waals surface area (Å²) in [7, 11) is 1.35. The van der Waals surface area contributed by atoms with Crippen LogP contribution in [0.5, 0.6) is 0 Å². The van der Waals surface area contributed by atoms with Crippen LogP contribution in [-0.4, -0.2) is 59.3 Å². The van der Waals surface area contributed by atoms with Gasteiger partial charge in [0.05, 0.1) is 30.0 Å². The maximum atomic E-state index is 13.5. The second-order valence-corrected chi connectivity index (χ2v) is 8.48. The largest absolute Gasteiger partial charge is 0.481 e. The van der Waals surface area contributed by atoms with Crippen molar-refractivity contribution in [1.29, 1.82) is 0 Å². The lowest BCUT2D eigenvalue weighted by Gasteiger charge is -2.19. The number of nitrogens with zero attached hydrogens (tertiary/aromatic N) is 3. The van der Waals surface area contributed by atoms with E-state index in [-0.39, 0.29) is 18.3 Å². The SMILES string of the molecule is CC(C)c1nc(N(C)S(=O)O)nc(-c2ccc(F)cc2)c1/C=C/[C@@H](O)C[C@@H](O)CC(=O)O. The summed E-state index contributed by atoms with van der Waals surface area (Å²) in [6.07, 6.45) is -0.109. The Labute approximate surface area is 187 Å². The van der Waals surface area contributed by atoms with Crippen molar-refractivity contribution in [3.8, 4) is 11.3 Å². The quantitative estimate of drug-likeness (QED) is 0.390. The predicted octanol–water partition coefficient (Wildman–Crippen LogP) is 2.58. The van der Waals surface area contributed by atoms with Crippen LogP contribution in [0.15, 0.2) is 30.3 Å². The normalized spacial score (nSPS) is 14.5. The Kier molecular flexibility index (Phi) is 8.96. The first-order valence-electron chi connectivity index (χ1n) is 9.78. The van der Waals surface area contributed by atoms with Crippen molar-refractivity contribution >= 4 is 29.3 Å². The van der Waals surface area contributed by atoms with Crippen LogP contribution in [0.1, 0.15) is 43.9 Å². The highest BCUT2D eigenvalue weighted by Gasteiger charge is 2.21. The van der Waals surface area contributed by atoms with Crippen molar-refractivity contribution in [1.82, 2.24) is 9.97 Å². The third kappa shape index (κ3) is 6.89. The first kappa shape index (κ1) is 25.5. The molecule has 0 radical (unpaired) electrons. The van der Waals surface area contributed by atoms with E-state index >= 15 is 0 Å². The molecule has 0 saturated heterocycles. The zero-order valence-corrected chi connectivity index (χ0v) is 18.7. The Bertz CT molecular complexity index is 1000. The van der Waals surface area contributed by atoms with Crippen LogP contribution >= 0.6 is 0 Å². The van der Waals surface area contributed by atoms with E-state index in [4.69, 9.17) is 5.11 Å². The van der Waals surface area contributed by atoms with Gasteiger partial charge in [-0.15, -0.1) is 0 Å². The molecule has 0 aliphatic carbocycles. The number of carboxylic acids is 1. The van der Waals surface area contributed by atoms with E-state index in [1.807, 2.05) is 13.8 Å². The zero-order chi connectivity index (χ0) is 24.0. The molecule has 11 heteroatoms. The minimum atomic E-state index is -2.37. The number of aliphatic hydroxyl groups is 2. The maximum absolute atomic E-state index is 13.5. The summed E-state index contributed by atoms with van der Waals surface area (Å²) in [5.74, 6) is -1.78. The fraction of sp³-hybridized carbons (Fsp3) is 0.381. The summed E-state index contributed by atoms with van der Waals surface area (Å²) in [4.78, 5) is 19.5. The smallest absolute Gasteiger partial charge is 0.305 e. The summed E-state index contributed by atoms with van der Waals surface area (Å²) in [6.45, 7) is 3.72. The molecule has 1 heterocycles. The molecule has 0 aliphatic rings. The second-order valence-electron chi connectivity index (χ2n) is 7.47. The number of anilines is 1. The van der Waals surface area contributed by atoms with E-state index in [1.165, 1.54) is 37.4 Å². The lowest BCUT2D eigenvalue weighted by Crippen LogP contribution is -2.23. The number of aliphatic hydroxyl groups excluding tert-OH is 2. The molecule has 4 N–H and O–H groups in total. The number of aromatic nitrogens is 2. The molecule has 174 valence electrons.